The molecule has 1 rings (SSSR count). The minimum atomic E-state index is -0.796. The summed E-state index contributed by atoms with van der Waals surface area (Å²) in [6.07, 6.45) is 1.13. The number of likely N-dealkylation sites (N-methyl/N-ethyl adjacent to an activating group) is 1. The van der Waals surface area contributed by atoms with Crippen LogP contribution in [0.4, 0.5) is 4.79 Å². The van der Waals surface area contributed by atoms with E-state index in [1.165, 1.54) is 4.90 Å². The molecule has 0 aliphatic carbocycles. The summed E-state index contributed by atoms with van der Waals surface area (Å²) in [6.45, 7) is 12.9. The Hall–Kier alpha value is -2.57. The SMILES string of the molecule is CCCC(C)NC(=O)C(c1cc(C)cc(C)c1)N(C)C(=O)CNC(=O)OC(C)(C)C. The fourth-order valence-corrected chi connectivity index (χ4v) is 3.28. The van der Waals surface area contributed by atoms with Crippen LogP contribution < -0.4 is 10.6 Å². The van der Waals surface area contributed by atoms with Crippen molar-refractivity contribution in [2.75, 3.05) is 13.6 Å². The summed E-state index contributed by atoms with van der Waals surface area (Å²) in [5, 5.41) is 5.47. The molecule has 7 nitrogen and oxygen atoms in total. The van der Waals surface area contributed by atoms with Crippen LogP contribution in [-0.4, -0.2) is 48.0 Å². The van der Waals surface area contributed by atoms with E-state index in [1.807, 2.05) is 39.0 Å². The third-order valence-electron chi connectivity index (χ3n) is 4.48. The molecule has 0 bridgehead atoms. The second-order valence-corrected chi connectivity index (χ2v) is 8.88. The molecule has 1 aromatic rings. The number of aryl methyl sites for hydroxylation is 2. The molecule has 0 saturated heterocycles. The van der Waals surface area contributed by atoms with Gasteiger partial charge in [0, 0.05) is 13.1 Å². The standard InChI is InChI=1S/C23H37N3O4/c1-9-10-17(4)25-21(28)20(18-12-15(2)11-16(3)13-18)26(8)19(27)14-24-22(29)30-23(5,6)7/h11-13,17,20H,9-10,14H2,1-8H3,(H,24,29)(H,25,28). The maximum atomic E-state index is 13.1. The van der Waals surface area contributed by atoms with Crippen molar-refractivity contribution in [3.63, 3.8) is 0 Å². The number of carbonyl (C=O) groups excluding carboxylic acids is 3. The molecule has 0 heterocycles. The number of nitrogens with zero attached hydrogens (tertiary/aromatic N) is 1. The van der Waals surface area contributed by atoms with Crippen LogP contribution in [0.15, 0.2) is 18.2 Å². The molecule has 2 N–H and O–H groups in total. The average Bonchev–Trinajstić information content (AvgIpc) is 2.57. The van der Waals surface area contributed by atoms with Gasteiger partial charge in [-0.25, -0.2) is 4.79 Å². The molecular weight excluding hydrogens is 382 g/mol. The number of ether oxygens (including phenoxy) is 1. The van der Waals surface area contributed by atoms with E-state index in [1.54, 1.807) is 27.8 Å². The van der Waals surface area contributed by atoms with Crippen molar-refractivity contribution < 1.29 is 19.1 Å². The minimum absolute atomic E-state index is 0.000651. The lowest BCUT2D eigenvalue weighted by molar-refractivity contribution is -0.138. The topological polar surface area (TPSA) is 87.7 Å². The predicted molar refractivity (Wildman–Crippen MR) is 118 cm³/mol. The average molecular weight is 420 g/mol. The molecule has 0 spiro atoms. The smallest absolute Gasteiger partial charge is 0.408 e. The van der Waals surface area contributed by atoms with Crippen LogP contribution >= 0.6 is 0 Å². The van der Waals surface area contributed by atoms with E-state index in [0.29, 0.717) is 0 Å². The molecule has 1 aromatic carbocycles. The van der Waals surface area contributed by atoms with Crippen molar-refractivity contribution in [1.29, 1.82) is 0 Å². The first-order valence-corrected chi connectivity index (χ1v) is 10.4. The number of hydrogen-bond donors (Lipinski definition) is 2. The predicted octanol–water partition coefficient (Wildman–Crippen LogP) is 3.63. The van der Waals surface area contributed by atoms with Crippen LogP contribution in [0.2, 0.25) is 0 Å². The molecule has 0 radical (unpaired) electrons. The zero-order valence-corrected chi connectivity index (χ0v) is 19.6. The Labute approximate surface area is 180 Å². The number of rotatable bonds is 8. The maximum absolute atomic E-state index is 13.1. The highest BCUT2D eigenvalue weighted by Gasteiger charge is 2.30. The Morgan fingerprint density at radius 1 is 1.10 bits per heavy atom. The lowest BCUT2D eigenvalue weighted by atomic mass is 9.99. The van der Waals surface area contributed by atoms with E-state index in [-0.39, 0.29) is 24.4 Å². The van der Waals surface area contributed by atoms with E-state index in [0.717, 1.165) is 29.5 Å². The van der Waals surface area contributed by atoms with E-state index in [4.69, 9.17) is 4.74 Å². The maximum Gasteiger partial charge on any atom is 0.408 e. The van der Waals surface area contributed by atoms with Crippen molar-refractivity contribution in [3.8, 4) is 0 Å². The normalized spacial score (nSPS) is 13.2. The number of nitrogens with one attached hydrogen (secondary N) is 2. The lowest BCUT2D eigenvalue weighted by Gasteiger charge is -2.30. The monoisotopic (exact) mass is 419 g/mol. The summed E-state index contributed by atoms with van der Waals surface area (Å²) in [4.78, 5) is 39.2. The van der Waals surface area contributed by atoms with Crippen LogP contribution in [0.25, 0.3) is 0 Å². The Balaban J connectivity index is 3.03. The van der Waals surface area contributed by atoms with Gasteiger partial charge in [0.05, 0.1) is 0 Å². The molecule has 0 aliphatic heterocycles. The Morgan fingerprint density at radius 2 is 1.67 bits per heavy atom. The van der Waals surface area contributed by atoms with Crippen molar-refractivity contribution in [2.24, 2.45) is 0 Å². The van der Waals surface area contributed by atoms with Crippen molar-refractivity contribution in [1.82, 2.24) is 15.5 Å². The number of alkyl carbamates (subject to hydrolysis) is 1. The van der Waals surface area contributed by atoms with Gasteiger partial charge in [-0.05, 0) is 53.5 Å². The molecule has 0 aliphatic rings. The zero-order valence-electron chi connectivity index (χ0n) is 19.6. The van der Waals surface area contributed by atoms with Crippen molar-refractivity contribution in [2.45, 2.75) is 79.0 Å². The zero-order chi connectivity index (χ0) is 23.1. The number of carbonyl (C=O) groups is 3. The fourth-order valence-electron chi connectivity index (χ4n) is 3.28. The molecule has 0 aromatic heterocycles. The quantitative estimate of drug-likeness (QED) is 0.673. The molecule has 30 heavy (non-hydrogen) atoms. The third kappa shape index (κ3) is 8.43. The van der Waals surface area contributed by atoms with Gasteiger partial charge in [0.15, 0.2) is 0 Å². The van der Waals surface area contributed by atoms with E-state index in [2.05, 4.69) is 17.6 Å². The first kappa shape index (κ1) is 25.5. The van der Waals surface area contributed by atoms with Gasteiger partial charge < -0.3 is 20.3 Å². The number of benzene rings is 1. The second kappa shape index (κ2) is 11.0. The van der Waals surface area contributed by atoms with E-state index >= 15 is 0 Å². The largest absolute Gasteiger partial charge is 0.444 e. The van der Waals surface area contributed by atoms with Crippen molar-refractivity contribution >= 4 is 17.9 Å². The highest BCUT2D eigenvalue weighted by molar-refractivity contribution is 5.90. The molecule has 168 valence electrons. The van der Waals surface area contributed by atoms with Gasteiger partial charge in [0.1, 0.15) is 18.2 Å². The molecule has 0 fully saturated rings. The molecule has 0 saturated carbocycles. The first-order valence-electron chi connectivity index (χ1n) is 10.4. The Bertz CT molecular complexity index is 735. The lowest BCUT2D eigenvalue weighted by Crippen LogP contribution is -2.47. The van der Waals surface area contributed by atoms with Crippen LogP contribution in [0.3, 0.4) is 0 Å². The second-order valence-electron chi connectivity index (χ2n) is 8.88. The van der Waals surface area contributed by atoms with Crippen LogP contribution in [-0.2, 0) is 14.3 Å². The van der Waals surface area contributed by atoms with Gasteiger partial charge in [-0.3, -0.25) is 9.59 Å². The van der Waals surface area contributed by atoms with Gasteiger partial charge in [0.25, 0.3) is 0 Å². The van der Waals surface area contributed by atoms with Gasteiger partial charge in [-0.1, -0.05) is 42.7 Å². The Morgan fingerprint density at radius 3 is 2.17 bits per heavy atom. The fraction of sp³-hybridized carbons (Fsp3) is 0.609. The third-order valence-corrected chi connectivity index (χ3v) is 4.48. The Kier molecular flexibility index (Phi) is 9.33. The van der Waals surface area contributed by atoms with Crippen molar-refractivity contribution in [3.05, 3.63) is 34.9 Å². The highest BCUT2D eigenvalue weighted by Crippen LogP contribution is 2.23. The molecule has 3 amide bonds. The summed E-state index contributed by atoms with van der Waals surface area (Å²) in [6, 6.07) is 5.04. The number of amides is 3. The van der Waals surface area contributed by atoms with Gasteiger partial charge >= 0.3 is 6.09 Å². The number of hydrogen-bond acceptors (Lipinski definition) is 4. The summed E-state index contributed by atoms with van der Waals surface area (Å²) >= 11 is 0. The summed E-state index contributed by atoms with van der Waals surface area (Å²) in [5.74, 6) is -0.627. The van der Waals surface area contributed by atoms with Crippen LogP contribution in [0.1, 0.15) is 70.2 Å². The minimum Gasteiger partial charge on any atom is -0.444 e. The molecule has 2 unspecified atom stereocenters. The van der Waals surface area contributed by atoms with Gasteiger partial charge in [-0.15, -0.1) is 0 Å². The summed E-state index contributed by atoms with van der Waals surface area (Å²) in [5.41, 5.74) is 2.10. The van der Waals surface area contributed by atoms with Crippen LogP contribution in [0, 0.1) is 13.8 Å². The molecule has 7 heteroatoms. The summed E-state index contributed by atoms with van der Waals surface area (Å²) < 4.78 is 5.17. The molecule has 2 atom stereocenters. The summed E-state index contributed by atoms with van der Waals surface area (Å²) in [7, 11) is 1.57. The van der Waals surface area contributed by atoms with Gasteiger partial charge in [-0.2, -0.15) is 0 Å². The van der Waals surface area contributed by atoms with Gasteiger partial charge in [0.2, 0.25) is 11.8 Å². The van der Waals surface area contributed by atoms with E-state index in [9.17, 15) is 14.4 Å². The van der Waals surface area contributed by atoms with E-state index < -0.39 is 17.7 Å². The highest BCUT2D eigenvalue weighted by atomic mass is 16.6. The first-order chi connectivity index (χ1) is 13.8. The van der Waals surface area contributed by atoms with Crippen LogP contribution in [0.5, 0.6) is 0 Å². The molecular formula is C23H37N3O4.